The maximum absolute atomic E-state index is 13.1. The quantitative estimate of drug-likeness (QED) is 0.496. The van der Waals surface area contributed by atoms with Gasteiger partial charge in [-0.1, -0.05) is 12.2 Å². The van der Waals surface area contributed by atoms with Gasteiger partial charge in [0.25, 0.3) is 0 Å². The molecule has 2 amide bonds. The predicted molar refractivity (Wildman–Crippen MR) is 109 cm³/mol. The minimum atomic E-state index is -0.372. The molecule has 1 aromatic heterocycles. The Hall–Kier alpha value is -2.74. The third kappa shape index (κ3) is 6.13. The summed E-state index contributed by atoms with van der Waals surface area (Å²) >= 11 is 0. The lowest BCUT2D eigenvalue weighted by atomic mass is 9.93. The molecule has 0 bridgehead atoms. The highest BCUT2D eigenvalue weighted by molar-refractivity contribution is 5.87. The van der Waals surface area contributed by atoms with Crippen LogP contribution in [0.4, 0.5) is 0 Å². The Bertz CT molecular complexity index is 767. The first-order chi connectivity index (χ1) is 14.6. The zero-order valence-electron chi connectivity index (χ0n) is 17.4. The van der Waals surface area contributed by atoms with E-state index < -0.39 is 0 Å². The summed E-state index contributed by atoms with van der Waals surface area (Å²) in [6.45, 7) is 1.30. The molecule has 2 atom stereocenters. The van der Waals surface area contributed by atoms with Crippen LogP contribution in [0.2, 0.25) is 0 Å². The highest BCUT2D eigenvalue weighted by Gasteiger charge is 2.33. The average molecular weight is 415 g/mol. The van der Waals surface area contributed by atoms with Gasteiger partial charge in [-0.2, -0.15) is 0 Å². The molecule has 0 unspecified atom stereocenters. The third-order valence-corrected chi connectivity index (χ3v) is 5.51. The van der Waals surface area contributed by atoms with E-state index in [2.05, 4.69) is 11.1 Å². The number of carbonyl (C=O) groups excluding carboxylic acids is 3. The third-order valence-electron chi connectivity index (χ3n) is 5.51. The summed E-state index contributed by atoms with van der Waals surface area (Å²) in [5.74, 6) is -0.637. The van der Waals surface area contributed by atoms with E-state index in [1.54, 1.807) is 22.2 Å². The summed E-state index contributed by atoms with van der Waals surface area (Å²) < 4.78 is 10.8. The Labute approximate surface area is 176 Å². The van der Waals surface area contributed by atoms with Crippen molar-refractivity contribution in [2.24, 2.45) is 5.92 Å². The van der Waals surface area contributed by atoms with Crippen LogP contribution in [0.3, 0.4) is 0 Å². The first-order valence-electron chi connectivity index (χ1n) is 10.4. The van der Waals surface area contributed by atoms with E-state index in [1.165, 1.54) is 7.11 Å². The van der Waals surface area contributed by atoms with Crippen LogP contribution < -0.4 is 0 Å². The number of ether oxygens (including phenoxy) is 2. The number of amides is 2. The Morgan fingerprint density at radius 1 is 1.20 bits per heavy atom. The molecule has 0 N–H and O–H groups in total. The minimum Gasteiger partial charge on any atom is -0.469 e. The van der Waals surface area contributed by atoms with Crippen molar-refractivity contribution in [1.82, 2.24) is 14.8 Å². The highest BCUT2D eigenvalue weighted by atomic mass is 16.5. The van der Waals surface area contributed by atoms with Gasteiger partial charge in [-0.05, 0) is 37.0 Å². The van der Waals surface area contributed by atoms with Crippen LogP contribution in [-0.4, -0.2) is 72.0 Å². The molecule has 162 valence electrons. The fraction of sp³-hybridized carbons (Fsp3) is 0.545. The van der Waals surface area contributed by atoms with Gasteiger partial charge < -0.3 is 19.3 Å². The van der Waals surface area contributed by atoms with Crippen molar-refractivity contribution in [3.8, 4) is 0 Å². The first-order valence-corrected chi connectivity index (χ1v) is 10.4. The molecule has 0 aromatic carbocycles. The molecule has 1 aromatic rings. The Kier molecular flexibility index (Phi) is 7.96. The van der Waals surface area contributed by atoms with Crippen molar-refractivity contribution >= 4 is 17.8 Å². The lowest BCUT2D eigenvalue weighted by molar-refractivity contribution is -0.143. The molecule has 1 aliphatic heterocycles. The Morgan fingerprint density at radius 3 is 2.70 bits per heavy atom. The fourth-order valence-electron chi connectivity index (χ4n) is 3.77. The molecular formula is C22H29N3O5. The molecule has 2 heterocycles. The first kappa shape index (κ1) is 22.0. The maximum atomic E-state index is 13.1. The van der Waals surface area contributed by atoms with Crippen molar-refractivity contribution in [2.75, 3.05) is 33.3 Å². The molecule has 8 heteroatoms. The Balaban J connectivity index is 1.69. The summed E-state index contributed by atoms with van der Waals surface area (Å²) in [6, 6.07) is 3.74. The summed E-state index contributed by atoms with van der Waals surface area (Å²) in [5.41, 5.74) is 0.969. The number of allylic oxidation sites excluding steroid dienone is 2. The van der Waals surface area contributed by atoms with Crippen molar-refractivity contribution in [1.29, 1.82) is 0 Å². The highest BCUT2D eigenvalue weighted by Crippen LogP contribution is 2.22. The molecule has 0 saturated carbocycles. The van der Waals surface area contributed by atoms with Crippen LogP contribution in [0.15, 0.2) is 36.7 Å². The number of rotatable bonds is 7. The van der Waals surface area contributed by atoms with Crippen molar-refractivity contribution in [3.63, 3.8) is 0 Å². The zero-order chi connectivity index (χ0) is 21.3. The largest absolute Gasteiger partial charge is 0.469 e. The summed E-state index contributed by atoms with van der Waals surface area (Å²) in [7, 11) is 1.33. The lowest BCUT2D eigenvalue weighted by Gasteiger charge is -2.28. The SMILES string of the molecule is COC(=O)CCN1C[C@H](OCc2ccncc2)CN(C(=O)[C@@H]2CC=CCC2)CC1=O. The molecule has 0 radical (unpaired) electrons. The zero-order valence-corrected chi connectivity index (χ0v) is 17.4. The van der Waals surface area contributed by atoms with E-state index in [0.29, 0.717) is 26.1 Å². The fourth-order valence-corrected chi connectivity index (χ4v) is 3.77. The molecule has 1 saturated heterocycles. The van der Waals surface area contributed by atoms with Crippen LogP contribution >= 0.6 is 0 Å². The van der Waals surface area contributed by atoms with Crippen LogP contribution in [0, 0.1) is 5.92 Å². The minimum absolute atomic E-state index is 0.0000269. The normalized spacial score (nSPS) is 22.0. The van der Waals surface area contributed by atoms with E-state index in [-0.39, 0.29) is 49.3 Å². The van der Waals surface area contributed by atoms with Crippen molar-refractivity contribution < 1.29 is 23.9 Å². The van der Waals surface area contributed by atoms with Crippen LogP contribution in [0.5, 0.6) is 0 Å². The lowest BCUT2D eigenvalue weighted by Crippen LogP contribution is -2.43. The van der Waals surface area contributed by atoms with Gasteiger partial charge in [0.15, 0.2) is 0 Å². The summed E-state index contributed by atoms with van der Waals surface area (Å²) in [5, 5.41) is 0. The van der Waals surface area contributed by atoms with Gasteiger partial charge in [-0.25, -0.2) is 0 Å². The monoisotopic (exact) mass is 415 g/mol. The summed E-state index contributed by atoms with van der Waals surface area (Å²) in [4.78, 5) is 44.7. The number of methoxy groups -OCH3 is 1. The van der Waals surface area contributed by atoms with E-state index in [1.807, 2.05) is 18.2 Å². The molecule has 1 fully saturated rings. The van der Waals surface area contributed by atoms with E-state index >= 15 is 0 Å². The number of carbonyl (C=O) groups is 3. The van der Waals surface area contributed by atoms with Crippen molar-refractivity contribution in [2.45, 2.75) is 38.4 Å². The van der Waals surface area contributed by atoms with E-state index in [9.17, 15) is 14.4 Å². The van der Waals surface area contributed by atoms with Crippen LogP contribution in [-0.2, 0) is 30.5 Å². The number of pyridine rings is 1. The van der Waals surface area contributed by atoms with Gasteiger partial charge in [0, 0.05) is 37.9 Å². The number of nitrogens with zero attached hydrogens (tertiary/aromatic N) is 3. The molecule has 3 rings (SSSR count). The second kappa shape index (κ2) is 10.9. The molecule has 30 heavy (non-hydrogen) atoms. The van der Waals surface area contributed by atoms with E-state index in [0.717, 1.165) is 18.4 Å². The van der Waals surface area contributed by atoms with Gasteiger partial charge in [0.05, 0.1) is 32.8 Å². The van der Waals surface area contributed by atoms with Crippen LogP contribution in [0.25, 0.3) is 0 Å². The molecule has 1 aliphatic carbocycles. The molecule has 8 nitrogen and oxygen atoms in total. The van der Waals surface area contributed by atoms with Gasteiger partial charge in [0.1, 0.15) is 0 Å². The maximum Gasteiger partial charge on any atom is 0.307 e. The second-order valence-corrected chi connectivity index (χ2v) is 7.65. The molecule has 0 spiro atoms. The van der Waals surface area contributed by atoms with E-state index in [4.69, 9.17) is 9.47 Å². The summed E-state index contributed by atoms with van der Waals surface area (Å²) in [6.07, 6.45) is 9.68. The van der Waals surface area contributed by atoms with Gasteiger partial charge in [-0.3, -0.25) is 19.4 Å². The van der Waals surface area contributed by atoms with Gasteiger partial charge >= 0.3 is 5.97 Å². The number of esters is 1. The van der Waals surface area contributed by atoms with Gasteiger partial charge in [-0.15, -0.1) is 0 Å². The number of hydrogen-bond donors (Lipinski definition) is 0. The standard InChI is InChI=1S/C22H29N3O5/c1-29-21(27)9-12-24-13-19(30-16-17-7-10-23-11-8-17)14-25(15-20(24)26)22(28)18-5-3-2-4-6-18/h2-3,7-8,10-11,18-19H,4-6,9,12-16H2,1H3/t18-,19+/m1/s1. The predicted octanol–water partition coefficient (Wildman–Crippen LogP) is 1.56. The van der Waals surface area contributed by atoms with Gasteiger partial charge in [0.2, 0.25) is 11.8 Å². The van der Waals surface area contributed by atoms with Crippen molar-refractivity contribution in [3.05, 3.63) is 42.2 Å². The van der Waals surface area contributed by atoms with Crippen LogP contribution in [0.1, 0.15) is 31.2 Å². The number of hydrogen-bond acceptors (Lipinski definition) is 6. The molecular weight excluding hydrogens is 386 g/mol. The molecule has 2 aliphatic rings. The smallest absolute Gasteiger partial charge is 0.307 e. The topological polar surface area (TPSA) is 89.0 Å². The average Bonchev–Trinajstić information content (AvgIpc) is 2.95. The number of aromatic nitrogens is 1. The Morgan fingerprint density at radius 2 is 2.00 bits per heavy atom. The second-order valence-electron chi connectivity index (χ2n) is 7.65.